The van der Waals surface area contributed by atoms with Gasteiger partial charge in [0.1, 0.15) is 0 Å². The van der Waals surface area contributed by atoms with E-state index in [0.29, 0.717) is 12.1 Å². The van der Waals surface area contributed by atoms with Gasteiger partial charge >= 0.3 is 0 Å². The van der Waals surface area contributed by atoms with Crippen LogP contribution in [-0.2, 0) is 0 Å². The van der Waals surface area contributed by atoms with Gasteiger partial charge in [0.25, 0.3) is 0 Å². The minimum Gasteiger partial charge on any atom is -0.285 e. The fourth-order valence-corrected chi connectivity index (χ4v) is 4.68. The van der Waals surface area contributed by atoms with Gasteiger partial charge in [0.2, 0.25) is 0 Å². The summed E-state index contributed by atoms with van der Waals surface area (Å²) < 4.78 is 0. The number of hydrogen-bond acceptors (Lipinski definition) is 2. The van der Waals surface area contributed by atoms with Crippen molar-refractivity contribution < 1.29 is 0 Å². The monoisotopic (exact) mass is 332 g/mol. The van der Waals surface area contributed by atoms with Crippen molar-refractivity contribution in [2.24, 2.45) is 21.8 Å². The normalized spacial score (nSPS) is 24.8. The van der Waals surface area contributed by atoms with Crippen LogP contribution in [0, 0.1) is 11.8 Å². The standard InChI is InChI=1S/C22H40N2/c1-5-21(23-17(3)19-13-9-7-10-14-19)22(6-2)24-18(4)20-15-11-8-12-16-20/h17-20H,5-16H2,1-4H3/t17-,18-/m1/s1. The van der Waals surface area contributed by atoms with Gasteiger partial charge in [-0.15, -0.1) is 0 Å². The molecule has 2 heteroatoms. The fourth-order valence-electron chi connectivity index (χ4n) is 4.68. The van der Waals surface area contributed by atoms with Crippen molar-refractivity contribution >= 4 is 11.4 Å². The van der Waals surface area contributed by atoms with Gasteiger partial charge in [-0.05, 0) is 64.2 Å². The van der Waals surface area contributed by atoms with Crippen LogP contribution in [-0.4, -0.2) is 23.5 Å². The predicted octanol–water partition coefficient (Wildman–Crippen LogP) is 6.63. The molecule has 0 aliphatic heterocycles. The van der Waals surface area contributed by atoms with Crippen LogP contribution in [0.1, 0.15) is 105 Å². The first-order chi connectivity index (χ1) is 11.7. The van der Waals surface area contributed by atoms with Gasteiger partial charge in [-0.2, -0.15) is 0 Å². The Morgan fingerprint density at radius 2 is 1.00 bits per heavy atom. The summed E-state index contributed by atoms with van der Waals surface area (Å²) in [6.07, 6.45) is 16.0. The summed E-state index contributed by atoms with van der Waals surface area (Å²) in [4.78, 5) is 10.3. The fraction of sp³-hybridized carbons (Fsp3) is 0.909. The summed E-state index contributed by atoms with van der Waals surface area (Å²) in [6.45, 7) is 9.18. The maximum atomic E-state index is 5.17. The van der Waals surface area contributed by atoms with Gasteiger partial charge < -0.3 is 0 Å². The Morgan fingerprint density at radius 1 is 0.667 bits per heavy atom. The molecule has 0 heterocycles. The van der Waals surface area contributed by atoms with Crippen molar-refractivity contribution in [3.05, 3.63) is 0 Å². The molecule has 24 heavy (non-hydrogen) atoms. The zero-order valence-corrected chi connectivity index (χ0v) is 16.7. The van der Waals surface area contributed by atoms with Gasteiger partial charge in [0.05, 0.1) is 23.5 Å². The quantitative estimate of drug-likeness (QED) is 0.468. The lowest BCUT2D eigenvalue weighted by Gasteiger charge is -2.27. The SMILES string of the molecule is CCC(=N[C@H](C)C1CCCCC1)C(CC)=N[C@H](C)C1CCCCC1. The van der Waals surface area contributed by atoms with E-state index in [0.717, 1.165) is 24.7 Å². The Bertz CT molecular complexity index is 372. The van der Waals surface area contributed by atoms with Crippen LogP contribution >= 0.6 is 0 Å². The van der Waals surface area contributed by atoms with Gasteiger partial charge in [-0.25, -0.2) is 0 Å². The van der Waals surface area contributed by atoms with Gasteiger partial charge in [0, 0.05) is 0 Å². The van der Waals surface area contributed by atoms with Crippen molar-refractivity contribution in [1.29, 1.82) is 0 Å². The average molecular weight is 333 g/mol. The molecule has 0 unspecified atom stereocenters. The topological polar surface area (TPSA) is 24.7 Å². The van der Waals surface area contributed by atoms with E-state index in [1.807, 2.05) is 0 Å². The molecule has 0 aromatic heterocycles. The van der Waals surface area contributed by atoms with E-state index < -0.39 is 0 Å². The van der Waals surface area contributed by atoms with E-state index in [1.54, 1.807) is 0 Å². The molecule has 0 saturated heterocycles. The number of aliphatic imine (C=N–C) groups is 2. The Hall–Kier alpha value is -0.660. The largest absolute Gasteiger partial charge is 0.285 e. The second kappa shape index (κ2) is 10.4. The summed E-state index contributed by atoms with van der Waals surface area (Å²) in [7, 11) is 0. The van der Waals surface area contributed by atoms with Crippen molar-refractivity contribution in [3.63, 3.8) is 0 Å². The summed E-state index contributed by atoms with van der Waals surface area (Å²) in [5.41, 5.74) is 2.58. The summed E-state index contributed by atoms with van der Waals surface area (Å²) in [5.74, 6) is 1.60. The lowest BCUT2D eigenvalue weighted by atomic mass is 9.84. The van der Waals surface area contributed by atoms with E-state index >= 15 is 0 Å². The van der Waals surface area contributed by atoms with Crippen molar-refractivity contribution in [2.75, 3.05) is 0 Å². The maximum Gasteiger partial charge on any atom is 0.0559 e. The average Bonchev–Trinajstić information content (AvgIpc) is 2.65. The van der Waals surface area contributed by atoms with Crippen LogP contribution in [0.2, 0.25) is 0 Å². The third-order valence-corrected chi connectivity index (χ3v) is 6.39. The minimum atomic E-state index is 0.474. The first-order valence-corrected chi connectivity index (χ1v) is 10.8. The molecule has 2 rings (SSSR count). The highest BCUT2D eigenvalue weighted by Gasteiger charge is 2.22. The van der Waals surface area contributed by atoms with Gasteiger partial charge in [-0.1, -0.05) is 52.4 Å². The Kier molecular flexibility index (Phi) is 8.49. The molecule has 2 atom stereocenters. The van der Waals surface area contributed by atoms with E-state index in [4.69, 9.17) is 9.98 Å². The third kappa shape index (κ3) is 5.70. The molecule has 0 aromatic rings. The minimum absolute atomic E-state index is 0.474. The molecule has 0 amide bonds. The molecule has 0 spiro atoms. The predicted molar refractivity (Wildman–Crippen MR) is 108 cm³/mol. The van der Waals surface area contributed by atoms with E-state index in [1.165, 1.54) is 75.6 Å². The van der Waals surface area contributed by atoms with Crippen LogP contribution in [0.15, 0.2) is 9.98 Å². The lowest BCUT2D eigenvalue weighted by molar-refractivity contribution is 0.317. The van der Waals surface area contributed by atoms with E-state index in [9.17, 15) is 0 Å². The molecule has 2 fully saturated rings. The highest BCUT2D eigenvalue weighted by molar-refractivity contribution is 6.42. The van der Waals surface area contributed by atoms with Crippen LogP contribution in [0.25, 0.3) is 0 Å². The van der Waals surface area contributed by atoms with Crippen LogP contribution in [0.5, 0.6) is 0 Å². The van der Waals surface area contributed by atoms with Crippen LogP contribution in [0.4, 0.5) is 0 Å². The molecule has 2 aliphatic rings. The zero-order valence-electron chi connectivity index (χ0n) is 16.7. The Morgan fingerprint density at radius 3 is 1.29 bits per heavy atom. The molecule has 0 bridgehead atoms. The van der Waals surface area contributed by atoms with Crippen molar-refractivity contribution in [1.82, 2.24) is 0 Å². The molecular formula is C22H40N2. The second-order valence-electron chi connectivity index (χ2n) is 8.14. The lowest BCUT2D eigenvalue weighted by Crippen LogP contribution is -2.25. The maximum absolute atomic E-state index is 5.17. The van der Waals surface area contributed by atoms with Gasteiger partial charge in [0.15, 0.2) is 0 Å². The molecule has 2 nitrogen and oxygen atoms in total. The molecular weight excluding hydrogens is 292 g/mol. The van der Waals surface area contributed by atoms with Crippen LogP contribution in [0.3, 0.4) is 0 Å². The highest BCUT2D eigenvalue weighted by Crippen LogP contribution is 2.29. The Labute approximate surface area is 150 Å². The van der Waals surface area contributed by atoms with Crippen LogP contribution < -0.4 is 0 Å². The number of hydrogen-bond donors (Lipinski definition) is 0. The van der Waals surface area contributed by atoms with Crippen molar-refractivity contribution in [3.8, 4) is 0 Å². The summed E-state index contributed by atoms with van der Waals surface area (Å²) in [5, 5.41) is 0. The highest BCUT2D eigenvalue weighted by atomic mass is 14.9. The molecule has 2 aliphatic carbocycles. The Balaban J connectivity index is 2.06. The smallest absolute Gasteiger partial charge is 0.0559 e. The second-order valence-corrected chi connectivity index (χ2v) is 8.14. The molecule has 138 valence electrons. The first-order valence-electron chi connectivity index (χ1n) is 10.8. The molecule has 0 N–H and O–H groups in total. The summed E-state index contributed by atoms with van der Waals surface area (Å²) >= 11 is 0. The first kappa shape index (κ1) is 19.7. The third-order valence-electron chi connectivity index (χ3n) is 6.39. The molecule has 0 radical (unpaired) electrons. The number of rotatable bonds is 7. The number of nitrogens with zero attached hydrogens (tertiary/aromatic N) is 2. The van der Waals surface area contributed by atoms with Crippen molar-refractivity contribution in [2.45, 2.75) is 117 Å². The van der Waals surface area contributed by atoms with E-state index in [-0.39, 0.29) is 0 Å². The molecule has 2 saturated carbocycles. The zero-order chi connectivity index (χ0) is 17.4. The van der Waals surface area contributed by atoms with E-state index in [2.05, 4.69) is 27.7 Å². The van der Waals surface area contributed by atoms with Gasteiger partial charge in [-0.3, -0.25) is 9.98 Å². The summed E-state index contributed by atoms with van der Waals surface area (Å²) in [6, 6.07) is 0.948. The molecule has 0 aromatic carbocycles.